The van der Waals surface area contributed by atoms with Crippen molar-refractivity contribution in [3.63, 3.8) is 0 Å². The molecule has 1 saturated heterocycles. The van der Waals surface area contributed by atoms with Crippen LogP contribution in [0.2, 0.25) is 0 Å². The van der Waals surface area contributed by atoms with Gasteiger partial charge in [-0.3, -0.25) is 11.3 Å². The largest absolute Gasteiger partial charge is 0.381 e. The summed E-state index contributed by atoms with van der Waals surface area (Å²) in [6.07, 6.45) is 2.96. The van der Waals surface area contributed by atoms with Gasteiger partial charge in [0.15, 0.2) is 0 Å². The molecule has 3 N–H and O–H groups in total. The van der Waals surface area contributed by atoms with Crippen LogP contribution in [-0.4, -0.2) is 31.5 Å². The molecule has 4 nitrogen and oxygen atoms in total. The number of hydrogen-bond donors (Lipinski definition) is 2. The summed E-state index contributed by atoms with van der Waals surface area (Å²) in [5.41, 5.74) is 2.83. The first kappa shape index (κ1) is 13.9. The Kier molecular flexibility index (Phi) is 5.69. The monoisotopic (exact) mass is 230 g/mol. The topological polar surface area (TPSA) is 56.5 Å². The Hall–Kier alpha value is -0.160. The van der Waals surface area contributed by atoms with Gasteiger partial charge in [0, 0.05) is 32.7 Å². The van der Waals surface area contributed by atoms with Gasteiger partial charge in [-0.25, -0.2) is 0 Å². The van der Waals surface area contributed by atoms with Gasteiger partial charge in [-0.2, -0.15) is 0 Å². The maximum atomic E-state index is 6.02. The summed E-state index contributed by atoms with van der Waals surface area (Å²) < 4.78 is 11.5. The summed E-state index contributed by atoms with van der Waals surface area (Å²) in [6.45, 7) is 8.73. The molecule has 0 bridgehead atoms. The maximum absolute atomic E-state index is 6.02. The lowest BCUT2D eigenvalue weighted by atomic mass is 9.79. The van der Waals surface area contributed by atoms with E-state index < -0.39 is 0 Å². The quantitative estimate of drug-likeness (QED) is 0.535. The van der Waals surface area contributed by atoms with Gasteiger partial charge < -0.3 is 9.47 Å². The van der Waals surface area contributed by atoms with Crippen molar-refractivity contribution in [3.8, 4) is 0 Å². The number of nitrogens with two attached hydrogens (primary N) is 1. The molecular weight excluding hydrogens is 204 g/mol. The van der Waals surface area contributed by atoms with Gasteiger partial charge in [0.25, 0.3) is 0 Å². The van der Waals surface area contributed by atoms with E-state index in [2.05, 4.69) is 19.3 Å². The highest BCUT2D eigenvalue weighted by atomic mass is 16.5. The Balaban J connectivity index is 2.79. The molecule has 2 atom stereocenters. The van der Waals surface area contributed by atoms with Crippen LogP contribution >= 0.6 is 0 Å². The minimum atomic E-state index is -0.142. The summed E-state index contributed by atoms with van der Waals surface area (Å²) in [6, 6.07) is 0.210. The highest BCUT2D eigenvalue weighted by Crippen LogP contribution is 2.33. The number of hydrogen-bond acceptors (Lipinski definition) is 4. The van der Waals surface area contributed by atoms with Crippen LogP contribution in [0, 0.1) is 5.92 Å². The van der Waals surface area contributed by atoms with E-state index in [1.54, 1.807) is 0 Å². The fourth-order valence-corrected chi connectivity index (χ4v) is 2.62. The van der Waals surface area contributed by atoms with E-state index in [0.717, 1.165) is 39.1 Å². The average molecular weight is 230 g/mol. The fraction of sp³-hybridized carbons (Fsp3) is 1.00. The van der Waals surface area contributed by atoms with Crippen molar-refractivity contribution in [2.24, 2.45) is 11.8 Å². The lowest BCUT2D eigenvalue weighted by Crippen LogP contribution is -2.60. The Morgan fingerprint density at radius 2 is 2.00 bits per heavy atom. The Labute approximate surface area is 98.8 Å². The molecule has 0 radical (unpaired) electrons. The van der Waals surface area contributed by atoms with Gasteiger partial charge in [0.05, 0.1) is 11.6 Å². The zero-order valence-electron chi connectivity index (χ0n) is 10.8. The van der Waals surface area contributed by atoms with E-state index in [1.807, 2.05) is 6.92 Å². The number of hydrazine groups is 1. The molecule has 1 aliphatic heterocycles. The zero-order valence-corrected chi connectivity index (χ0v) is 10.8. The van der Waals surface area contributed by atoms with Crippen molar-refractivity contribution in [2.45, 2.75) is 51.7 Å². The molecular formula is C12H26N2O2. The summed E-state index contributed by atoms with van der Waals surface area (Å²) in [7, 11) is 0. The fourth-order valence-electron chi connectivity index (χ4n) is 2.62. The molecule has 1 aliphatic rings. The van der Waals surface area contributed by atoms with E-state index in [9.17, 15) is 0 Å². The SMILES string of the molecule is CCOC1(C(NN)C(C)CC)CCOCC1. The lowest BCUT2D eigenvalue weighted by Gasteiger charge is -2.45. The predicted molar refractivity (Wildman–Crippen MR) is 65.0 cm³/mol. The smallest absolute Gasteiger partial charge is 0.0894 e. The first-order chi connectivity index (χ1) is 7.70. The summed E-state index contributed by atoms with van der Waals surface area (Å²) in [4.78, 5) is 0. The third kappa shape index (κ3) is 2.94. The summed E-state index contributed by atoms with van der Waals surface area (Å²) in [5.74, 6) is 6.23. The summed E-state index contributed by atoms with van der Waals surface area (Å²) >= 11 is 0. The van der Waals surface area contributed by atoms with Crippen LogP contribution in [0.25, 0.3) is 0 Å². The van der Waals surface area contributed by atoms with Gasteiger partial charge in [0.2, 0.25) is 0 Å². The molecule has 0 amide bonds. The highest BCUT2D eigenvalue weighted by molar-refractivity contribution is 4.96. The van der Waals surface area contributed by atoms with E-state index in [0.29, 0.717) is 5.92 Å². The van der Waals surface area contributed by atoms with Crippen molar-refractivity contribution in [2.75, 3.05) is 19.8 Å². The van der Waals surface area contributed by atoms with Crippen molar-refractivity contribution in [1.29, 1.82) is 0 Å². The first-order valence-corrected chi connectivity index (χ1v) is 6.38. The zero-order chi connectivity index (χ0) is 12.0. The molecule has 0 aliphatic carbocycles. The van der Waals surface area contributed by atoms with Crippen LogP contribution in [0.4, 0.5) is 0 Å². The average Bonchev–Trinajstić information content (AvgIpc) is 2.31. The van der Waals surface area contributed by atoms with E-state index >= 15 is 0 Å². The van der Waals surface area contributed by atoms with E-state index in [4.69, 9.17) is 15.3 Å². The Morgan fingerprint density at radius 3 is 2.44 bits per heavy atom. The van der Waals surface area contributed by atoms with E-state index in [1.165, 1.54) is 0 Å². The molecule has 1 heterocycles. The van der Waals surface area contributed by atoms with Crippen LogP contribution in [-0.2, 0) is 9.47 Å². The van der Waals surface area contributed by atoms with Gasteiger partial charge in [-0.15, -0.1) is 0 Å². The molecule has 0 saturated carbocycles. The van der Waals surface area contributed by atoms with Crippen LogP contribution in [0.15, 0.2) is 0 Å². The van der Waals surface area contributed by atoms with Crippen LogP contribution in [0.1, 0.15) is 40.0 Å². The molecule has 96 valence electrons. The molecule has 4 heteroatoms. The minimum absolute atomic E-state index is 0.142. The van der Waals surface area contributed by atoms with Gasteiger partial charge >= 0.3 is 0 Å². The first-order valence-electron chi connectivity index (χ1n) is 6.38. The molecule has 0 aromatic rings. The number of nitrogens with one attached hydrogen (secondary N) is 1. The second kappa shape index (κ2) is 6.55. The molecule has 0 spiro atoms. The molecule has 16 heavy (non-hydrogen) atoms. The Bertz CT molecular complexity index is 188. The molecule has 0 aromatic carbocycles. The van der Waals surface area contributed by atoms with Crippen molar-refractivity contribution in [1.82, 2.24) is 5.43 Å². The second-order valence-electron chi connectivity index (χ2n) is 4.64. The van der Waals surface area contributed by atoms with Crippen LogP contribution < -0.4 is 11.3 Å². The van der Waals surface area contributed by atoms with Crippen LogP contribution in [0.3, 0.4) is 0 Å². The normalized spacial score (nSPS) is 24.0. The van der Waals surface area contributed by atoms with Gasteiger partial charge in [-0.1, -0.05) is 20.3 Å². The van der Waals surface area contributed by atoms with Crippen LogP contribution in [0.5, 0.6) is 0 Å². The number of rotatable bonds is 6. The number of ether oxygens (including phenoxy) is 2. The molecule has 2 unspecified atom stereocenters. The van der Waals surface area contributed by atoms with Crippen molar-refractivity contribution in [3.05, 3.63) is 0 Å². The third-order valence-electron chi connectivity index (χ3n) is 3.73. The van der Waals surface area contributed by atoms with Gasteiger partial charge in [-0.05, 0) is 12.8 Å². The van der Waals surface area contributed by atoms with Crippen molar-refractivity contribution < 1.29 is 9.47 Å². The van der Waals surface area contributed by atoms with Gasteiger partial charge in [0.1, 0.15) is 0 Å². The third-order valence-corrected chi connectivity index (χ3v) is 3.73. The maximum Gasteiger partial charge on any atom is 0.0894 e. The molecule has 1 fully saturated rings. The lowest BCUT2D eigenvalue weighted by molar-refractivity contribution is -0.135. The molecule has 0 aromatic heterocycles. The highest BCUT2D eigenvalue weighted by Gasteiger charge is 2.42. The molecule has 1 rings (SSSR count). The second-order valence-corrected chi connectivity index (χ2v) is 4.64. The Morgan fingerprint density at radius 1 is 1.38 bits per heavy atom. The van der Waals surface area contributed by atoms with Crippen molar-refractivity contribution >= 4 is 0 Å². The predicted octanol–water partition coefficient (Wildman–Crippen LogP) is 1.45. The standard InChI is InChI=1S/C12H26N2O2/c1-4-10(3)11(14-13)12(16-5-2)6-8-15-9-7-12/h10-11,14H,4-9,13H2,1-3H3. The summed E-state index contributed by atoms with van der Waals surface area (Å²) in [5, 5.41) is 0. The minimum Gasteiger partial charge on any atom is -0.381 e. The van der Waals surface area contributed by atoms with E-state index in [-0.39, 0.29) is 11.6 Å².